The van der Waals surface area contributed by atoms with Crippen molar-refractivity contribution in [1.82, 2.24) is 10.2 Å². The monoisotopic (exact) mass is 394 g/mol. The smallest absolute Gasteiger partial charge is 0.243 e. The van der Waals surface area contributed by atoms with E-state index >= 15 is 0 Å². The van der Waals surface area contributed by atoms with Gasteiger partial charge in [-0.1, -0.05) is 73.5 Å². The lowest BCUT2D eigenvalue weighted by Crippen LogP contribution is -2.51. The summed E-state index contributed by atoms with van der Waals surface area (Å²) in [5.41, 5.74) is 4.30. The van der Waals surface area contributed by atoms with Gasteiger partial charge in [0, 0.05) is 12.6 Å². The van der Waals surface area contributed by atoms with Gasteiger partial charge in [0.1, 0.15) is 6.04 Å². The van der Waals surface area contributed by atoms with Gasteiger partial charge < -0.3 is 10.2 Å². The molecule has 4 heteroatoms. The molecule has 2 aromatic rings. The van der Waals surface area contributed by atoms with Gasteiger partial charge in [0.2, 0.25) is 11.8 Å². The summed E-state index contributed by atoms with van der Waals surface area (Å²) in [6.07, 6.45) is 1.73. The molecule has 2 atom stereocenters. The third-order valence-corrected chi connectivity index (χ3v) is 5.22. The molecule has 4 nitrogen and oxygen atoms in total. The average molecular weight is 395 g/mol. The Balaban J connectivity index is 2.29. The highest BCUT2D eigenvalue weighted by atomic mass is 16.2. The summed E-state index contributed by atoms with van der Waals surface area (Å²) < 4.78 is 0. The van der Waals surface area contributed by atoms with Crippen molar-refractivity contribution in [3.8, 4) is 0 Å². The molecule has 0 saturated carbocycles. The number of nitrogens with zero attached hydrogens (tertiary/aromatic N) is 1. The zero-order valence-electron chi connectivity index (χ0n) is 18.4. The van der Waals surface area contributed by atoms with Crippen LogP contribution in [0.4, 0.5) is 0 Å². The molecule has 0 aliphatic carbocycles. The molecule has 2 aromatic carbocycles. The standard InChI is InChI=1S/C25H34N2O2/c1-6-20(5)26-25(29)23(7-2)27(17-21-11-9-8-10-12-21)24(28)16-22-14-18(3)13-19(4)15-22/h8-15,20,23H,6-7,16-17H2,1-5H3,(H,26,29)/t20-,23+/m0/s1. The number of carbonyl (C=O) groups is 2. The summed E-state index contributed by atoms with van der Waals surface area (Å²) in [6.45, 7) is 10.5. The molecule has 0 spiro atoms. The first-order valence-corrected chi connectivity index (χ1v) is 10.5. The van der Waals surface area contributed by atoms with Crippen molar-refractivity contribution in [1.29, 1.82) is 0 Å². The Kier molecular flexibility index (Phi) is 8.44. The Morgan fingerprint density at radius 3 is 2.10 bits per heavy atom. The highest BCUT2D eigenvalue weighted by Gasteiger charge is 2.29. The summed E-state index contributed by atoms with van der Waals surface area (Å²) in [7, 11) is 0. The number of amides is 2. The predicted molar refractivity (Wildman–Crippen MR) is 119 cm³/mol. The number of hydrogen-bond donors (Lipinski definition) is 1. The number of rotatable bonds is 9. The molecule has 0 aliphatic rings. The molecule has 0 heterocycles. The Hall–Kier alpha value is -2.62. The van der Waals surface area contributed by atoms with E-state index in [0.29, 0.717) is 19.4 Å². The van der Waals surface area contributed by atoms with E-state index < -0.39 is 6.04 Å². The van der Waals surface area contributed by atoms with Gasteiger partial charge in [-0.3, -0.25) is 9.59 Å². The first kappa shape index (κ1) is 22.7. The maximum absolute atomic E-state index is 13.3. The molecule has 2 amide bonds. The predicted octanol–water partition coefficient (Wildman–Crippen LogP) is 4.57. The third kappa shape index (κ3) is 6.74. The van der Waals surface area contributed by atoms with Gasteiger partial charge in [-0.2, -0.15) is 0 Å². The van der Waals surface area contributed by atoms with Crippen LogP contribution in [0.15, 0.2) is 48.5 Å². The topological polar surface area (TPSA) is 49.4 Å². The zero-order chi connectivity index (χ0) is 21.4. The number of aryl methyl sites for hydroxylation is 2. The van der Waals surface area contributed by atoms with Crippen molar-refractivity contribution in [2.75, 3.05) is 0 Å². The summed E-state index contributed by atoms with van der Waals surface area (Å²) >= 11 is 0. The Labute approximate surface area is 175 Å². The second-order valence-electron chi connectivity index (χ2n) is 7.92. The van der Waals surface area contributed by atoms with Crippen molar-refractivity contribution in [3.05, 3.63) is 70.8 Å². The first-order chi connectivity index (χ1) is 13.8. The number of hydrogen-bond acceptors (Lipinski definition) is 2. The van der Waals surface area contributed by atoms with Crippen LogP contribution < -0.4 is 5.32 Å². The molecular formula is C25H34N2O2. The Bertz CT molecular complexity index is 797. The number of nitrogens with one attached hydrogen (secondary N) is 1. The molecule has 1 N–H and O–H groups in total. The molecule has 0 fully saturated rings. The normalized spacial score (nSPS) is 12.9. The van der Waals surface area contributed by atoms with Crippen LogP contribution in [-0.4, -0.2) is 28.8 Å². The van der Waals surface area contributed by atoms with E-state index in [1.165, 1.54) is 0 Å². The molecule has 2 rings (SSSR count). The van der Waals surface area contributed by atoms with Gasteiger partial charge >= 0.3 is 0 Å². The van der Waals surface area contributed by atoms with Crippen LogP contribution in [0.3, 0.4) is 0 Å². The molecule has 0 bridgehead atoms. The second-order valence-corrected chi connectivity index (χ2v) is 7.92. The summed E-state index contributed by atoms with van der Waals surface area (Å²) in [6, 6.07) is 15.7. The van der Waals surface area contributed by atoms with Crippen LogP contribution in [0, 0.1) is 13.8 Å². The van der Waals surface area contributed by atoms with Crippen LogP contribution in [0.5, 0.6) is 0 Å². The first-order valence-electron chi connectivity index (χ1n) is 10.5. The van der Waals surface area contributed by atoms with Crippen molar-refractivity contribution in [3.63, 3.8) is 0 Å². The van der Waals surface area contributed by atoms with Gasteiger partial charge in [-0.05, 0) is 44.7 Å². The molecule has 0 radical (unpaired) electrons. The lowest BCUT2D eigenvalue weighted by atomic mass is 10.0. The highest BCUT2D eigenvalue weighted by molar-refractivity contribution is 5.88. The van der Waals surface area contributed by atoms with Crippen LogP contribution in [0.25, 0.3) is 0 Å². The van der Waals surface area contributed by atoms with E-state index in [-0.39, 0.29) is 17.9 Å². The summed E-state index contributed by atoms with van der Waals surface area (Å²) in [5.74, 6) is -0.100. The molecule has 156 valence electrons. The van der Waals surface area contributed by atoms with Gasteiger partial charge in [-0.25, -0.2) is 0 Å². The van der Waals surface area contributed by atoms with Crippen molar-refractivity contribution < 1.29 is 9.59 Å². The second kappa shape index (κ2) is 10.8. The van der Waals surface area contributed by atoms with Crippen molar-refractivity contribution in [2.45, 2.75) is 72.5 Å². The lowest BCUT2D eigenvalue weighted by molar-refractivity contribution is -0.141. The van der Waals surface area contributed by atoms with E-state index in [4.69, 9.17) is 0 Å². The van der Waals surface area contributed by atoms with E-state index in [1.807, 2.05) is 77.1 Å². The SMILES string of the molecule is CC[C@H](C(=O)N[C@@H](C)CC)N(Cc1ccccc1)C(=O)Cc1cc(C)cc(C)c1. The van der Waals surface area contributed by atoms with E-state index in [2.05, 4.69) is 11.4 Å². The van der Waals surface area contributed by atoms with Gasteiger partial charge in [-0.15, -0.1) is 0 Å². The minimum absolute atomic E-state index is 0.0231. The third-order valence-electron chi connectivity index (χ3n) is 5.22. The highest BCUT2D eigenvalue weighted by Crippen LogP contribution is 2.16. The molecule has 0 aliphatic heterocycles. The maximum Gasteiger partial charge on any atom is 0.243 e. The Morgan fingerprint density at radius 1 is 0.931 bits per heavy atom. The number of carbonyl (C=O) groups excluding carboxylic acids is 2. The van der Waals surface area contributed by atoms with Crippen LogP contribution in [0.1, 0.15) is 55.9 Å². The fraction of sp³-hybridized carbons (Fsp3) is 0.440. The van der Waals surface area contributed by atoms with Crippen LogP contribution in [0.2, 0.25) is 0 Å². The average Bonchev–Trinajstić information content (AvgIpc) is 2.67. The summed E-state index contributed by atoms with van der Waals surface area (Å²) in [4.78, 5) is 28.0. The molecule has 0 saturated heterocycles. The fourth-order valence-electron chi connectivity index (χ4n) is 3.59. The lowest BCUT2D eigenvalue weighted by Gasteiger charge is -2.31. The molecule has 0 aromatic heterocycles. The largest absolute Gasteiger partial charge is 0.352 e. The van der Waals surface area contributed by atoms with Crippen LogP contribution >= 0.6 is 0 Å². The quantitative estimate of drug-likeness (QED) is 0.677. The fourth-order valence-corrected chi connectivity index (χ4v) is 3.59. The van der Waals surface area contributed by atoms with Gasteiger partial charge in [0.25, 0.3) is 0 Å². The molecule has 0 unspecified atom stereocenters. The maximum atomic E-state index is 13.3. The zero-order valence-corrected chi connectivity index (χ0v) is 18.4. The van der Waals surface area contributed by atoms with Gasteiger partial charge in [0.05, 0.1) is 6.42 Å². The summed E-state index contributed by atoms with van der Waals surface area (Å²) in [5, 5.41) is 3.05. The minimum atomic E-state index is -0.484. The molecular weight excluding hydrogens is 360 g/mol. The van der Waals surface area contributed by atoms with Crippen molar-refractivity contribution in [2.24, 2.45) is 0 Å². The number of benzene rings is 2. The minimum Gasteiger partial charge on any atom is -0.352 e. The van der Waals surface area contributed by atoms with E-state index in [9.17, 15) is 9.59 Å². The van der Waals surface area contributed by atoms with Gasteiger partial charge in [0.15, 0.2) is 0 Å². The molecule has 29 heavy (non-hydrogen) atoms. The van der Waals surface area contributed by atoms with E-state index in [0.717, 1.165) is 28.7 Å². The van der Waals surface area contributed by atoms with Crippen molar-refractivity contribution >= 4 is 11.8 Å². The van der Waals surface area contributed by atoms with Crippen LogP contribution in [-0.2, 0) is 22.6 Å². The Morgan fingerprint density at radius 2 is 1.55 bits per heavy atom. The van der Waals surface area contributed by atoms with E-state index in [1.54, 1.807) is 4.90 Å².